The Morgan fingerprint density at radius 3 is 2.44 bits per heavy atom. The first-order chi connectivity index (χ1) is 13.2. The van der Waals surface area contributed by atoms with Crippen LogP contribution in [0.3, 0.4) is 0 Å². The molecule has 1 fully saturated rings. The van der Waals surface area contributed by atoms with Crippen molar-refractivity contribution in [1.29, 1.82) is 0 Å². The zero-order chi connectivity index (χ0) is 19.1. The van der Waals surface area contributed by atoms with Gasteiger partial charge in [0.2, 0.25) is 0 Å². The highest BCUT2D eigenvalue weighted by Crippen LogP contribution is 2.30. The van der Waals surface area contributed by atoms with Crippen LogP contribution in [0.4, 0.5) is 5.69 Å². The van der Waals surface area contributed by atoms with Gasteiger partial charge >= 0.3 is 0 Å². The zero-order valence-corrected chi connectivity index (χ0v) is 15.8. The molecule has 1 heterocycles. The standard InChI is InChI=1S/C21H26N2O4/c1-25-18-8-9-20(26-2)19(14-18)22-16-10-12-23(13-11-16)21(24)15-27-17-6-4-3-5-7-17/h3-9,14,16,22H,10-13,15H2,1-2H3. The molecule has 0 spiro atoms. The summed E-state index contributed by atoms with van der Waals surface area (Å²) in [7, 11) is 3.30. The van der Waals surface area contributed by atoms with Gasteiger partial charge in [-0.3, -0.25) is 4.79 Å². The van der Waals surface area contributed by atoms with E-state index in [1.165, 1.54) is 0 Å². The second kappa shape index (κ2) is 9.16. The van der Waals surface area contributed by atoms with Gasteiger partial charge in [-0.25, -0.2) is 0 Å². The smallest absolute Gasteiger partial charge is 0.260 e. The molecule has 0 radical (unpaired) electrons. The van der Waals surface area contributed by atoms with Gasteiger partial charge in [0.25, 0.3) is 5.91 Å². The summed E-state index contributed by atoms with van der Waals surface area (Å²) in [6.45, 7) is 1.49. The second-order valence-electron chi connectivity index (χ2n) is 6.47. The number of hydrogen-bond donors (Lipinski definition) is 1. The molecular formula is C21H26N2O4. The van der Waals surface area contributed by atoms with E-state index in [1.807, 2.05) is 53.4 Å². The van der Waals surface area contributed by atoms with Crippen molar-refractivity contribution in [3.8, 4) is 17.2 Å². The fraction of sp³-hybridized carbons (Fsp3) is 0.381. The number of amides is 1. The highest BCUT2D eigenvalue weighted by molar-refractivity contribution is 5.78. The molecule has 1 aliphatic rings. The Morgan fingerprint density at radius 2 is 1.78 bits per heavy atom. The minimum absolute atomic E-state index is 0.0243. The lowest BCUT2D eigenvalue weighted by Crippen LogP contribution is -2.44. The summed E-state index contributed by atoms with van der Waals surface area (Å²) < 4.78 is 16.3. The van der Waals surface area contributed by atoms with Gasteiger partial charge in [0, 0.05) is 25.2 Å². The molecule has 0 unspecified atom stereocenters. The summed E-state index contributed by atoms with van der Waals surface area (Å²) >= 11 is 0. The lowest BCUT2D eigenvalue weighted by molar-refractivity contribution is -0.134. The Labute approximate surface area is 160 Å². The number of hydrogen-bond acceptors (Lipinski definition) is 5. The van der Waals surface area contributed by atoms with Crippen molar-refractivity contribution in [1.82, 2.24) is 4.90 Å². The van der Waals surface area contributed by atoms with Crippen LogP contribution >= 0.6 is 0 Å². The van der Waals surface area contributed by atoms with Gasteiger partial charge in [0.05, 0.1) is 19.9 Å². The largest absolute Gasteiger partial charge is 0.497 e. The zero-order valence-electron chi connectivity index (χ0n) is 15.8. The average molecular weight is 370 g/mol. The van der Waals surface area contributed by atoms with Crippen molar-refractivity contribution in [2.45, 2.75) is 18.9 Å². The third kappa shape index (κ3) is 5.06. The van der Waals surface area contributed by atoms with Crippen LogP contribution in [0.1, 0.15) is 12.8 Å². The van der Waals surface area contributed by atoms with Crippen molar-refractivity contribution in [3.63, 3.8) is 0 Å². The number of piperidine rings is 1. The van der Waals surface area contributed by atoms with E-state index in [2.05, 4.69) is 5.32 Å². The molecule has 1 amide bonds. The molecule has 144 valence electrons. The molecule has 2 aromatic rings. The summed E-state index contributed by atoms with van der Waals surface area (Å²) in [6, 6.07) is 15.4. The first-order valence-electron chi connectivity index (χ1n) is 9.14. The van der Waals surface area contributed by atoms with Crippen LogP contribution in [0.5, 0.6) is 17.2 Å². The molecule has 6 nitrogen and oxygen atoms in total. The number of methoxy groups -OCH3 is 2. The summed E-state index contributed by atoms with van der Waals surface area (Å²) in [6.07, 6.45) is 1.74. The Hall–Kier alpha value is -2.89. The number of rotatable bonds is 7. The molecule has 0 bridgehead atoms. The van der Waals surface area contributed by atoms with Crippen LogP contribution in [0, 0.1) is 0 Å². The molecular weight excluding hydrogens is 344 g/mol. The number of carbonyl (C=O) groups excluding carboxylic acids is 1. The number of carbonyl (C=O) groups is 1. The molecule has 0 saturated carbocycles. The lowest BCUT2D eigenvalue weighted by Gasteiger charge is -2.33. The van der Waals surface area contributed by atoms with E-state index in [-0.39, 0.29) is 18.6 Å². The van der Waals surface area contributed by atoms with E-state index in [9.17, 15) is 4.79 Å². The highest BCUT2D eigenvalue weighted by Gasteiger charge is 2.23. The first kappa shape index (κ1) is 18.9. The fourth-order valence-corrected chi connectivity index (χ4v) is 3.17. The maximum absolute atomic E-state index is 12.4. The van der Waals surface area contributed by atoms with Gasteiger partial charge in [0.1, 0.15) is 17.2 Å². The maximum Gasteiger partial charge on any atom is 0.260 e. The quantitative estimate of drug-likeness (QED) is 0.811. The van der Waals surface area contributed by atoms with Crippen molar-refractivity contribution < 1.29 is 19.0 Å². The Morgan fingerprint density at radius 1 is 1.04 bits per heavy atom. The van der Waals surface area contributed by atoms with Gasteiger partial charge in [-0.05, 0) is 37.1 Å². The van der Waals surface area contributed by atoms with Gasteiger partial charge in [-0.2, -0.15) is 0 Å². The number of nitrogens with zero attached hydrogens (tertiary/aromatic N) is 1. The van der Waals surface area contributed by atoms with Crippen LogP contribution in [0.25, 0.3) is 0 Å². The van der Waals surface area contributed by atoms with E-state index in [0.29, 0.717) is 18.8 Å². The molecule has 0 atom stereocenters. The molecule has 1 aliphatic heterocycles. The predicted molar refractivity (Wildman–Crippen MR) is 105 cm³/mol. The lowest BCUT2D eigenvalue weighted by atomic mass is 10.0. The number of benzene rings is 2. The SMILES string of the molecule is COc1ccc(OC)c(NC2CCN(C(=O)COc3ccccc3)CC2)c1. The van der Waals surface area contributed by atoms with Gasteiger partial charge in [-0.15, -0.1) is 0 Å². The third-order valence-corrected chi connectivity index (χ3v) is 4.72. The summed E-state index contributed by atoms with van der Waals surface area (Å²) in [5.74, 6) is 2.30. The van der Waals surface area contributed by atoms with Crippen molar-refractivity contribution in [3.05, 3.63) is 48.5 Å². The van der Waals surface area contributed by atoms with Crippen LogP contribution in [0.2, 0.25) is 0 Å². The minimum atomic E-state index is 0.0243. The minimum Gasteiger partial charge on any atom is -0.497 e. The topological polar surface area (TPSA) is 60.0 Å². The van der Waals surface area contributed by atoms with Crippen LogP contribution < -0.4 is 19.5 Å². The fourth-order valence-electron chi connectivity index (χ4n) is 3.17. The van der Waals surface area contributed by atoms with E-state index < -0.39 is 0 Å². The average Bonchev–Trinajstić information content (AvgIpc) is 2.73. The highest BCUT2D eigenvalue weighted by atomic mass is 16.5. The molecule has 1 saturated heterocycles. The van der Waals surface area contributed by atoms with E-state index >= 15 is 0 Å². The van der Waals surface area contributed by atoms with Crippen molar-refractivity contribution in [2.24, 2.45) is 0 Å². The molecule has 1 N–H and O–H groups in total. The van der Waals surface area contributed by atoms with E-state index in [0.717, 1.165) is 30.0 Å². The van der Waals surface area contributed by atoms with Gasteiger partial charge < -0.3 is 24.4 Å². The second-order valence-corrected chi connectivity index (χ2v) is 6.47. The molecule has 6 heteroatoms. The normalized spacial score (nSPS) is 14.5. The monoisotopic (exact) mass is 370 g/mol. The molecule has 2 aromatic carbocycles. The van der Waals surface area contributed by atoms with Crippen LogP contribution in [0.15, 0.2) is 48.5 Å². The van der Waals surface area contributed by atoms with Crippen molar-refractivity contribution >= 4 is 11.6 Å². The Balaban J connectivity index is 1.49. The maximum atomic E-state index is 12.4. The van der Waals surface area contributed by atoms with E-state index in [1.54, 1.807) is 14.2 Å². The molecule has 0 aromatic heterocycles. The molecule has 0 aliphatic carbocycles. The number of para-hydroxylation sites is 1. The Kier molecular flexibility index (Phi) is 6.41. The third-order valence-electron chi connectivity index (χ3n) is 4.72. The number of likely N-dealkylation sites (tertiary alicyclic amines) is 1. The van der Waals surface area contributed by atoms with E-state index in [4.69, 9.17) is 14.2 Å². The summed E-state index contributed by atoms with van der Waals surface area (Å²) in [5, 5.41) is 3.52. The van der Waals surface area contributed by atoms with Crippen molar-refractivity contribution in [2.75, 3.05) is 39.2 Å². The summed E-state index contributed by atoms with van der Waals surface area (Å²) in [5.41, 5.74) is 0.911. The summed E-state index contributed by atoms with van der Waals surface area (Å²) in [4.78, 5) is 14.2. The molecule has 3 rings (SSSR count). The predicted octanol–water partition coefficient (Wildman–Crippen LogP) is 3.19. The molecule has 27 heavy (non-hydrogen) atoms. The van der Waals surface area contributed by atoms with Crippen LogP contribution in [-0.2, 0) is 4.79 Å². The number of ether oxygens (including phenoxy) is 3. The number of anilines is 1. The Bertz CT molecular complexity index is 743. The van der Waals surface area contributed by atoms with Gasteiger partial charge in [-0.1, -0.05) is 18.2 Å². The number of nitrogens with one attached hydrogen (secondary N) is 1. The van der Waals surface area contributed by atoms with Crippen LogP contribution in [-0.4, -0.2) is 50.8 Å². The first-order valence-corrected chi connectivity index (χ1v) is 9.14. The van der Waals surface area contributed by atoms with Gasteiger partial charge in [0.15, 0.2) is 6.61 Å².